The molecule has 3 rings (SSSR count). The third kappa shape index (κ3) is 3.24. The Labute approximate surface area is 138 Å². The molecule has 3 aromatic rings. The van der Waals surface area contributed by atoms with Crippen LogP contribution >= 0.6 is 11.6 Å². The van der Waals surface area contributed by atoms with Gasteiger partial charge in [0.1, 0.15) is 12.7 Å². The van der Waals surface area contributed by atoms with Gasteiger partial charge in [-0.1, -0.05) is 17.7 Å². The molecule has 0 fully saturated rings. The second-order valence-electron chi connectivity index (χ2n) is 5.29. The normalized spacial score (nSPS) is 10.6. The molecule has 6 heteroatoms. The molecule has 5 nitrogen and oxygen atoms in total. The summed E-state index contributed by atoms with van der Waals surface area (Å²) in [6, 6.07) is 11.0. The Kier molecular flexibility index (Phi) is 4.12. The number of nitrogens with zero attached hydrogens (tertiary/aromatic N) is 3. The predicted molar refractivity (Wildman–Crippen MR) is 90.2 cm³/mol. The smallest absolute Gasteiger partial charge is 0.257 e. The highest BCUT2D eigenvalue weighted by Crippen LogP contribution is 2.22. The van der Waals surface area contributed by atoms with E-state index in [0.717, 1.165) is 16.9 Å². The van der Waals surface area contributed by atoms with Gasteiger partial charge in [0.2, 0.25) is 0 Å². The first-order valence-corrected chi connectivity index (χ1v) is 7.45. The molecule has 116 valence electrons. The number of aromatic nitrogens is 3. The largest absolute Gasteiger partial charge is 0.322 e. The van der Waals surface area contributed by atoms with Crippen molar-refractivity contribution < 1.29 is 4.79 Å². The van der Waals surface area contributed by atoms with Crippen molar-refractivity contribution in [2.75, 3.05) is 5.32 Å². The highest BCUT2D eigenvalue weighted by molar-refractivity contribution is 6.34. The summed E-state index contributed by atoms with van der Waals surface area (Å²) >= 11 is 6.17. The molecule has 0 saturated carbocycles. The summed E-state index contributed by atoms with van der Waals surface area (Å²) in [6.07, 6.45) is 3.13. The number of nitrogens with one attached hydrogen (secondary N) is 1. The molecule has 0 aliphatic rings. The molecule has 23 heavy (non-hydrogen) atoms. The molecule has 0 radical (unpaired) electrons. The average molecular weight is 327 g/mol. The minimum absolute atomic E-state index is 0.256. The average Bonchev–Trinajstić information content (AvgIpc) is 3.06. The number of carbonyl (C=O) groups excluding carboxylic acids is 1. The van der Waals surface area contributed by atoms with E-state index in [1.807, 2.05) is 32.0 Å². The second kappa shape index (κ2) is 6.22. The monoisotopic (exact) mass is 326 g/mol. The van der Waals surface area contributed by atoms with Crippen molar-refractivity contribution in [2.24, 2.45) is 0 Å². The summed E-state index contributed by atoms with van der Waals surface area (Å²) < 4.78 is 1.71. The van der Waals surface area contributed by atoms with Crippen molar-refractivity contribution in [3.05, 3.63) is 70.8 Å². The Morgan fingerprint density at radius 3 is 2.48 bits per heavy atom. The molecule has 1 N–H and O–H groups in total. The molecular formula is C17H15ClN4O. The fourth-order valence-corrected chi connectivity index (χ4v) is 2.40. The van der Waals surface area contributed by atoms with Gasteiger partial charge in [0.25, 0.3) is 5.91 Å². The van der Waals surface area contributed by atoms with E-state index in [-0.39, 0.29) is 5.91 Å². The van der Waals surface area contributed by atoms with E-state index in [0.29, 0.717) is 10.6 Å². The second-order valence-corrected chi connectivity index (χ2v) is 5.69. The van der Waals surface area contributed by atoms with Gasteiger partial charge in [-0.15, -0.1) is 10.2 Å². The fourth-order valence-electron chi connectivity index (χ4n) is 2.20. The minimum Gasteiger partial charge on any atom is -0.322 e. The number of aryl methyl sites for hydroxylation is 2. The molecule has 2 aromatic carbocycles. The molecular weight excluding hydrogens is 312 g/mol. The molecule has 0 unspecified atom stereocenters. The van der Waals surface area contributed by atoms with Crippen molar-refractivity contribution in [3.8, 4) is 5.69 Å². The first-order valence-electron chi connectivity index (χ1n) is 7.08. The topological polar surface area (TPSA) is 59.8 Å². The van der Waals surface area contributed by atoms with Crippen LogP contribution in [0, 0.1) is 13.8 Å². The number of halogens is 1. The molecule has 1 amide bonds. The van der Waals surface area contributed by atoms with Crippen LogP contribution in [0.25, 0.3) is 5.69 Å². The number of hydrogen-bond acceptors (Lipinski definition) is 3. The molecule has 0 bridgehead atoms. The lowest BCUT2D eigenvalue weighted by Gasteiger charge is -2.10. The van der Waals surface area contributed by atoms with Crippen LogP contribution in [0.5, 0.6) is 0 Å². The van der Waals surface area contributed by atoms with Gasteiger partial charge in [0, 0.05) is 11.4 Å². The number of hydrogen-bond donors (Lipinski definition) is 1. The Hall–Kier alpha value is -2.66. The molecule has 0 atom stereocenters. The van der Waals surface area contributed by atoms with Crippen molar-refractivity contribution >= 4 is 23.2 Å². The van der Waals surface area contributed by atoms with Crippen LogP contribution in [0.2, 0.25) is 5.02 Å². The van der Waals surface area contributed by atoms with Crippen LogP contribution in [0.1, 0.15) is 21.5 Å². The van der Waals surface area contributed by atoms with Crippen LogP contribution in [-0.4, -0.2) is 20.7 Å². The van der Waals surface area contributed by atoms with E-state index in [1.54, 1.807) is 35.4 Å². The summed E-state index contributed by atoms with van der Waals surface area (Å²) in [5.41, 5.74) is 4.20. The van der Waals surface area contributed by atoms with Crippen molar-refractivity contribution in [1.29, 1.82) is 0 Å². The Bertz CT molecular complexity index is 859. The summed E-state index contributed by atoms with van der Waals surface area (Å²) in [4.78, 5) is 12.5. The zero-order valence-corrected chi connectivity index (χ0v) is 13.5. The van der Waals surface area contributed by atoms with Gasteiger partial charge >= 0.3 is 0 Å². The maximum absolute atomic E-state index is 12.5. The van der Waals surface area contributed by atoms with Crippen molar-refractivity contribution in [3.63, 3.8) is 0 Å². The summed E-state index contributed by atoms with van der Waals surface area (Å²) in [5.74, 6) is -0.256. The van der Waals surface area contributed by atoms with E-state index in [1.165, 1.54) is 5.56 Å². The van der Waals surface area contributed by atoms with Crippen LogP contribution in [-0.2, 0) is 0 Å². The maximum Gasteiger partial charge on any atom is 0.257 e. The van der Waals surface area contributed by atoms with E-state index in [2.05, 4.69) is 15.5 Å². The fraction of sp³-hybridized carbons (Fsp3) is 0.118. The first kappa shape index (κ1) is 15.2. The van der Waals surface area contributed by atoms with E-state index in [4.69, 9.17) is 11.6 Å². The van der Waals surface area contributed by atoms with E-state index >= 15 is 0 Å². The number of anilines is 1. The molecule has 0 saturated heterocycles. The maximum atomic E-state index is 12.5. The molecule has 1 aromatic heterocycles. The van der Waals surface area contributed by atoms with E-state index < -0.39 is 0 Å². The number of carbonyl (C=O) groups is 1. The predicted octanol–water partition coefficient (Wildman–Crippen LogP) is 3.79. The van der Waals surface area contributed by atoms with Crippen molar-refractivity contribution in [2.45, 2.75) is 13.8 Å². The van der Waals surface area contributed by atoms with Gasteiger partial charge in [-0.05, 0) is 55.3 Å². The highest BCUT2D eigenvalue weighted by atomic mass is 35.5. The molecule has 0 aliphatic carbocycles. The Morgan fingerprint density at radius 1 is 1.04 bits per heavy atom. The summed E-state index contributed by atoms with van der Waals surface area (Å²) in [5, 5.41) is 10.8. The third-order valence-electron chi connectivity index (χ3n) is 3.68. The van der Waals surface area contributed by atoms with Gasteiger partial charge in [0.05, 0.1) is 10.6 Å². The highest BCUT2D eigenvalue weighted by Gasteiger charge is 2.12. The van der Waals surface area contributed by atoms with Crippen LogP contribution < -0.4 is 5.32 Å². The number of rotatable bonds is 3. The lowest BCUT2D eigenvalue weighted by atomic mass is 10.1. The number of amides is 1. The molecule has 0 aliphatic heterocycles. The Morgan fingerprint density at radius 2 is 1.78 bits per heavy atom. The van der Waals surface area contributed by atoms with Gasteiger partial charge < -0.3 is 5.32 Å². The van der Waals surface area contributed by atoms with Gasteiger partial charge in [-0.2, -0.15) is 0 Å². The quantitative estimate of drug-likeness (QED) is 0.796. The molecule has 0 spiro atoms. The van der Waals surface area contributed by atoms with Crippen molar-refractivity contribution in [1.82, 2.24) is 14.8 Å². The van der Waals surface area contributed by atoms with Gasteiger partial charge in [0.15, 0.2) is 0 Å². The minimum atomic E-state index is -0.256. The van der Waals surface area contributed by atoms with Gasteiger partial charge in [-0.25, -0.2) is 0 Å². The van der Waals surface area contributed by atoms with Crippen LogP contribution in [0.3, 0.4) is 0 Å². The summed E-state index contributed by atoms with van der Waals surface area (Å²) in [6.45, 7) is 4.03. The third-order valence-corrected chi connectivity index (χ3v) is 4.01. The standard InChI is InChI=1S/C17H15ClN4O/c1-11-3-4-13(7-12(11)2)21-17(23)15-8-14(5-6-16(15)18)22-9-19-20-10-22/h3-10H,1-2H3,(H,21,23). The first-order chi connectivity index (χ1) is 11.0. The zero-order chi connectivity index (χ0) is 16.4. The van der Waals surface area contributed by atoms with Crippen LogP contribution in [0.15, 0.2) is 49.1 Å². The van der Waals surface area contributed by atoms with Gasteiger partial charge in [-0.3, -0.25) is 9.36 Å². The number of benzene rings is 2. The molecule has 1 heterocycles. The van der Waals surface area contributed by atoms with E-state index in [9.17, 15) is 4.79 Å². The van der Waals surface area contributed by atoms with Crippen LogP contribution in [0.4, 0.5) is 5.69 Å². The lowest BCUT2D eigenvalue weighted by molar-refractivity contribution is 0.102. The Balaban J connectivity index is 1.89. The summed E-state index contributed by atoms with van der Waals surface area (Å²) in [7, 11) is 0. The lowest BCUT2D eigenvalue weighted by Crippen LogP contribution is -2.13. The SMILES string of the molecule is Cc1ccc(NC(=O)c2cc(-n3cnnc3)ccc2Cl)cc1C. The zero-order valence-electron chi connectivity index (χ0n) is 12.7.